The molecule has 3 heteroatoms. The normalized spacial score (nSPS) is 27.1. The average Bonchev–Trinajstić information content (AvgIpc) is 2.39. The molecule has 0 heterocycles. The number of allylic oxidation sites excluding steroid dienone is 1. The predicted octanol–water partition coefficient (Wildman–Crippen LogP) is 2.47. The van der Waals surface area contributed by atoms with Crippen molar-refractivity contribution >= 4 is 5.97 Å². The molecule has 0 saturated heterocycles. The fourth-order valence-corrected chi connectivity index (χ4v) is 2.39. The molecule has 0 aromatic heterocycles. The SMILES string of the molecule is COC/C=C1\CCC(CC(=O)O)C1(C)C. The molecular weight excluding hydrogens is 192 g/mol. The molecule has 1 aliphatic carbocycles. The molecule has 0 bridgehead atoms. The van der Waals surface area contributed by atoms with E-state index in [0.29, 0.717) is 6.61 Å². The smallest absolute Gasteiger partial charge is 0.303 e. The third-order valence-electron chi connectivity index (χ3n) is 3.53. The Balaban J connectivity index is 2.70. The van der Waals surface area contributed by atoms with Gasteiger partial charge in [-0.15, -0.1) is 0 Å². The number of carboxylic acids is 1. The van der Waals surface area contributed by atoms with Crippen molar-refractivity contribution in [3.8, 4) is 0 Å². The zero-order valence-corrected chi connectivity index (χ0v) is 9.75. The molecular formula is C12H20O3. The lowest BCUT2D eigenvalue weighted by Gasteiger charge is -2.27. The van der Waals surface area contributed by atoms with E-state index in [9.17, 15) is 4.79 Å². The number of hydrogen-bond donors (Lipinski definition) is 1. The van der Waals surface area contributed by atoms with Gasteiger partial charge in [-0.1, -0.05) is 25.5 Å². The number of carboxylic acid groups (broad SMARTS) is 1. The van der Waals surface area contributed by atoms with E-state index < -0.39 is 5.97 Å². The van der Waals surface area contributed by atoms with E-state index in [1.165, 1.54) is 5.57 Å². The molecule has 0 spiro atoms. The van der Waals surface area contributed by atoms with Gasteiger partial charge in [-0.25, -0.2) is 0 Å². The topological polar surface area (TPSA) is 46.5 Å². The van der Waals surface area contributed by atoms with Gasteiger partial charge in [0.1, 0.15) is 0 Å². The maximum Gasteiger partial charge on any atom is 0.303 e. The zero-order chi connectivity index (χ0) is 11.5. The molecule has 0 aromatic carbocycles. The van der Waals surface area contributed by atoms with Gasteiger partial charge in [0, 0.05) is 13.5 Å². The number of ether oxygens (including phenoxy) is 1. The van der Waals surface area contributed by atoms with Gasteiger partial charge in [0.2, 0.25) is 0 Å². The summed E-state index contributed by atoms with van der Waals surface area (Å²) in [6, 6.07) is 0. The summed E-state index contributed by atoms with van der Waals surface area (Å²) in [6.07, 6.45) is 4.36. The van der Waals surface area contributed by atoms with Gasteiger partial charge >= 0.3 is 5.97 Å². The van der Waals surface area contributed by atoms with Crippen LogP contribution in [-0.2, 0) is 9.53 Å². The molecule has 1 fully saturated rings. The van der Waals surface area contributed by atoms with Crippen LogP contribution in [0.4, 0.5) is 0 Å². The molecule has 0 amide bonds. The van der Waals surface area contributed by atoms with Crippen LogP contribution in [-0.4, -0.2) is 24.8 Å². The van der Waals surface area contributed by atoms with Gasteiger partial charge in [0.25, 0.3) is 0 Å². The summed E-state index contributed by atoms with van der Waals surface area (Å²) >= 11 is 0. The van der Waals surface area contributed by atoms with E-state index in [1.54, 1.807) is 7.11 Å². The standard InChI is InChI=1S/C12H20O3/c1-12(2)9(6-7-15-3)4-5-10(12)8-11(13)14/h6,10H,4-5,7-8H2,1-3H3,(H,13,14)/b9-6+. The third-order valence-corrected chi connectivity index (χ3v) is 3.53. The predicted molar refractivity (Wildman–Crippen MR) is 58.7 cm³/mol. The van der Waals surface area contributed by atoms with Crippen LogP contribution in [0.3, 0.4) is 0 Å². The summed E-state index contributed by atoms with van der Waals surface area (Å²) in [4.78, 5) is 10.7. The number of rotatable bonds is 4. The maximum absolute atomic E-state index is 10.7. The van der Waals surface area contributed by atoms with Crippen LogP contribution < -0.4 is 0 Å². The van der Waals surface area contributed by atoms with Crippen LogP contribution in [0.1, 0.15) is 33.1 Å². The fourth-order valence-electron chi connectivity index (χ4n) is 2.39. The second-order valence-corrected chi connectivity index (χ2v) is 4.74. The highest BCUT2D eigenvalue weighted by Gasteiger charge is 2.39. The third kappa shape index (κ3) is 2.81. The molecule has 0 radical (unpaired) electrons. The van der Waals surface area contributed by atoms with E-state index in [-0.39, 0.29) is 17.8 Å². The van der Waals surface area contributed by atoms with Crippen molar-refractivity contribution in [2.75, 3.05) is 13.7 Å². The van der Waals surface area contributed by atoms with Gasteiger partial charge in [-0.05, 0) is 24.2 Å². The molecule has 1 saturated carbocycles. The highest BCUT2D eigenvalue weighted by Crippen LogP contribution is 2.48. The van der Waals surface area contributed by atoms with E-state index in [2.05, 4.69) is 19.9 Å². The van der Waals surface area contributed by atoms with Crippen LogP contribution in [0.15, 0.2) is 11.6 Å². The lowest BCUT2D eigenvalue weighted by Crippen LogP contribution is -2.22. The summed E-state index contributed by atoms with van der Waals surface area (Å²) in [5.74, 6) is -0.431. The Morgan fingerprint density at radius 3 is 2.87 bits per heavy atom. The fraction of sp³-hybridized carbons (Fsp3) is 0.750. The minimum absolute atomic E-state index is 0.0108. The lowest BCUT2D eigenvalue weighted by atomic mass is 9.77. The molecule has 1 atom stereocenters. The Labute approximate surface area is 91.1 Å². The van der Waals surface area contributed by atoms with Gasteiger partial charge < -0.3 is 9.84 Å². The minimum Gasteiger partial charge on any atom is -0.481 e. The first-order chi connectivity index (χ1) is 6.98. The van der Waals surface area contributed by atoms with Gasteiger partial charge in [-0.2, -0.15) is 0 Å². The maximum atomic E-state index is 10.7. The first-order valence-electron chi connectivity index (χ1n) is 5.38. The summed E-state index contributed by atoms with van der Waals surface area (Å²) < 4.78 is 5.02. The van der Waals surface area contributed by atoms with Gasteiger partial charge in [-0.3, -0.25) is 4.79 Å². The first kappa shape index (κ1) is 12.2. The second-order valence-electron chi connectivity index (χ2n) is 4.74. The Morgan fingerprint density at radius 1 is 1.67 bits per heavy atom. The van der Waals surface area contributed by atoms with Crippen molar-refractivity contribution in [2.24, 2.45) is 11.3 Å². The molecule has 1 N–H and O–H groups in total. The lowest BCUT2D eigenvalue weighted by molar-refractivity contribution is -0.138. The highest BCUT2D eigenvalue weighted by molar-refractivity contribution is 5.67. The van der Waals surface area contributed by atoms with Crippen LogP contribution >= 0.6 is 0 Å². The van der Waals surface area contributed by atoms with Crippen molar-refractivity contribution in [1.82, 2.24) is 0 Å². The second kappa shape index (κ2) is 4.79. The molecule has 86 valence electrons. The number of methoxy groups -OCH3 is 1. The highest BCUT2D eigenvalue weighted by atomic mass is 16.5. The van der Waals surface area contributed by atoms with E-state index in [4.69, 9.17) is 9.84 Å². The summed E-state index contributed by atoms with van der Waals surface area (Å²) in [5.41, 5.74) is 1.35. The van der Waals surface area contributed by atoms with E-state index >= 15 is 0 Å². The first-order valence-corrected chi connectivity index (χ1v) is 5.38. The van der Waals surface area contributed by atoms with Crippen molar-refractivity contribution in [1.29, 1.82) is 0 Å². The number of carbonyl (C=O) groups is 1. The van der Waals surface area contributed by atoms with Crippen LogP contribution in [0.5, 0.6) is 0 Å². The van der Waals surface area contributed by atoms with Crippen LogP contribution in [0.2, 0.25) is 0 Å². The van der Waals surface area contributed by atoms with Crippen molar-refractivity contribution in [3.63, 3.8) is 0 Å². The molecule has 1 rings (SSSR count). The molecule has 1 unspecified atom stereocenters. The summed E-state index contributed by atoms with van der Waals surface area (Å²) in [6.45, 7) is 4.89. The average molecular weight is 212 g/mol. The molecule has 1 aliphatic rings. The zero-order valence-electron chi connectivity index (χ0n) is 9.75. The Kier molecular flexibility index (Phi) is 3.91. The Hall–Kier alpha value is -0.830. The number of hydrogen-bond acceptors (Lipinski definition) is 2. The monoisotopic (exact) mass is 212 g/mol. The summed E-state index contributed by atoms with van der Waals surface area (Å²) in [5, 5.41) is 8.82. The summed E-state index contributed by atoms with van der Waals surface area (Å²) in [7, 11) is 1.67. The van der Waals surface area contributed by atoms with Crippen molar-refractivity contribution < 1.29 is 14.6 Å². The Morgan fingerprint density at radius 2 is 2.33 bits per heavy atom. The molecule has 0 aromatic rings. The Bertz CT molecular complexity index is 266. The van der Waals surface area contributed by atoms with E-state index in [0.717, 1.165) is 12.8 Å². The number of aliphatic carboxylic acids is 1. The van der Waals surface area contributed by atoms with Crippen molar-refractivity contribution in [2.45, 2.75) is 33.1 Å². The quantitative estimate of drug-likeness (QED) is 0.728. The van der Waals surface area contributed by atoms with Gasteiger partial charge in [0.15, 0.2) is 0 Å². The van der Waals surface area contributed by atoms with Crippen LogP contribution in [0.25, 0.3) is 0 Å². The van der Waals surface area contributed by atoms with Crippen LogP contribution in [0, 0.1) is 11.3 Å². The molecule has 15 heavy (non-hydrogen) atoms. The molecule has 3 nitrogen and oxygen atoms in total. The van der Waals surface area contributed by atoms with E-state index in [1.807, 2.05) is 0 Å². The molecule has 0 aliphatic heterocycles. The minimum atomic E-state index is -0.693. The van der Waals surface area contributed by atoms with Gasteiger partial charge in [0.05, 0.1) is 6.61 Å². The largest absolute Gasteiger partial charge is 0.481 e. The van der Waals surface area contributed by atoms with Crippen molar-refractivity contribution in [3.05, 3.63) is 11.6 Å².